The van der Waals surface area contributed by atoms with E-state index in [0.717, 1.165) is 11.1 Å². The molecule has 0 heterocycles. The van der Waals surface area contributed by atoms with Crippen LogP contribution < -0.4 is 0 Å². The van der Waals surface area contributed by atoms with Gasteiger partial charge in [0, 0.05) is 6.08 Å². The smallest absolute Gasteiger partial charge is 0.333 e. The minimum Gasteiger partial charge on any atom is -0.508 e. The molecule has 2 N–H and O–H groups in total. The Labute approximate surface area is 128 Å². The Balaban J connectivity index is 1.86. The van der Waals surface area contributed by atoms with Crippen molar-refractivity contribution in [3.05, 3.63) is 77.9 Å². The Hall–Kier alpha value is -2.85. The molecule has 0 aliphatic rings. The summed E-state index contributed by atoms with van der Waals surface area (Å²) in [6.45, 7) is 0. The van der Waals surface area contributed by atoms with E-state index in [9.17, 15) is 9.90 Å². The lowest BCUT2D eigenvalue weighted by Crippen LogP contribution is -2.12. The first-order valence-electron chi connectivity index (χ1n) is 6.72. The fourth-order valence-electron chi connectivity index (χ4n) is 1.70. The van der Waals surface area contributed by atoms with E-state index < -0.39 is 12.3 Å². The quantitative estimate of drug-likeness (QED) is 0.506. The normalized spacial score (nSPS) is 12.6. The molecule has 0 aliphatic heterocycles. The molecule has 0 bridgehead atoms. The van der Waals surface area contributed by atoms with Crippen molar-refractivity contribution >= 4 is 18.1 Å². The van der Waals surface area contributed by atoms with Crippen LogP contribution in [0, 0.1) is 0 Å². The Kier molecular flexibility index (Phi) is 5.51. The van der Waals surface area contributed by atoms with Crippen LogP contribution in [-0.4, -0.2) is 22.5 Å². The molecule has 0 saturated carbocycles. The number of carbonyl (C=O) groups is 1. The second-order valence-electron chi connectivity index (χ2n) is 4.52. The van der Waals surface area contributed by atoms with Gasteiger partial charge in [-0.05, 0) is 35.4 Å². The zero-order valence-corrected chi connectivity index (χ0v) is 11.8. The van der Waals surface area contributed by atoms with Crippen molar-refractivity contribution < 1.29 is 19.7 Å². The van der Waals surface area contributed by atoms with Crippen LogP contribution >= 0.6 is 0 Å². The number of benzene rings is 2. The minimum absolute atomic E-state index is 0.154. The largest absolute Gasteiger partial charge is 0.508 e. The van der Waals surface area contributed by atoms with Crippen molar-refractivity contribution in [3.8, 4) is 5.75 Å². The predicted molar refractivity (Wildman–Crippen MR) is 84.7 cm³/mol. The van der Waals surface area contributed by atoms with Crippen LogP contribution in [0.15, 0.2) is 66.7 Å². The lowest BCUT2D eigenvalue weighted by Gasteiger charge is -2.05. The van der Waals surface area contributed by atoms with Gasteiger partial charge in [0.2, 0.25) is 6.29 Å². The molecule has 0 aliphatic carbocycles. The summed E-state index contributed by atoms with van der Waals surface area (Å²) in [5.74, 6) is -0.500. The van der Waals surface area contributed by atoms with Gasteiger partial charge in [-0.1, -0.05) is 48.5 Å². The molecule has 4 heteroatoms. The van der Waals surface area contributed by atoms with Gasteiger partial charge in [0.05, 0.1) is 0 Å². The Morgan fingerprint density at radius 3 is 2.27 bits per heavy atom. The fraction of sp³-hybridized carbons (Fsp3) is 0.0556. The van der Waals surface area contributed by atoms with Gasteiger partial charge in [-0.25, -0.2) is 4.79 Å². The Bertz CT molecular complexity index is 657. The van der Waals surface area contributed by atoms with E-state index in [4.69, 9.17) is 9.84 Å². The second-order valence-corrected chi connectivity index (χ2v) is 4.52. The number of hydrogen-bond acceptors (Lipinski definition) is 4. The maximum Gasteiger partial charge on any atom is 0.333 e. The minimum atomic E-state index is -1.31. The van der Waals surface area contributed by atoms with E-state index in [0.29, 0.717) is 0 Å². The van der Waals surface area contributed by atoms with Gasteiger partial charge in [-0.2, -0.15) is 0 Å². The van der Waals surface area contributed by atoms with Gasteiger partial charge in [0.25, 0.3) is 0 Å². The number of phenolic OH excluding ortho intramolecular Hbond substituents is 1. The molecule has 4 nitrogen and oxygen atoms in total. The zero-order valence-electron chi connectivity index (χ0n) is 11.8. The number of esters is 1. The fourth-order valence-corrected chi connectivity index (χ4v) is 1.70. The number of aliphatic hydroxyl groups excluding tert-OH is 1. The molecular formula is C18H16O4. The standard InChI is InChI=1S/C18H16O4/c19-16-10-6-15(7-11-16)9-13-18(21)22-17(20)12-8-14-4-2-1-3-5-14/h1-13,17,19-20H/b12-8?,13-9+. The molecule has 2 aromatic carbocycles. The number of hydrogen-bond donors (Lipinski definition) is 2. The summed E-state index contributed by atoms with van der Waals surface area (Å²) in [6, 6.07) is 15.7. The molecule has 0 radical (unpaired) electrons. The number of carbonyl (C=O) groups excluding carboxylic acids is 1. The lowest BCUT2D eigenvalue weighted by molar-refractivity contribution is -0.154. The van der Waals surface area contributed by atoms with E-state index in [-0.39, 0.29) is 5.75 Å². The number of aliphatic hydroxyl groups is 1. The summed E-state index contributed by atoms with van der Waals surface area (Å²) in [7, 11) is 0. The van der Waals surface area contributed by atoms with Crippen LogP contribution in [0.25, 0.3) is 12.2 Å². The summed E-state index contributed by atoms with van der Waals surface area (Å²) in [4.78, 5) is 11.6. The predicted octanol–water partition coefficient (Wildman–Crippen LogP) is 2.98. The third-order valence-corrected chi connectivity index (χ3v) is 2.79. The molecule has 0 saturated heterocycles. The van der Waals surface area contributed by atoms with Crippen LogP contribution in [0.3, 0.4) is 0 Å². The van der Waals surface area contributed by atoms with Gasteiger partial charge in [0.15, 0.2) is 0 Å². The van der Waals surface area contributed by atoms with Crippen molar-refractivity contribution in [3.63, 3.8) is 0 Å². The first-order chi connectivity index (χ1) is 10.6. The molecule has 1 atom stereocenters. The van der Waals surface area contributed by atoms with E-state index in [1.165, 1.54) is 30.4 Å². The summed E-state index contributed by atoms with van der Waals surface area (Å²) < 4.78 is 4.81. The number of phenols is 1. The van der Waals surface area contributed by atoms with Crippen LogP contribution in [0.4, 0.5) is 0 Å². The molecule has 1 unspecified atom stereocenters. The molecule has 0 aromatic heterocycles. The summed E-state index contributed by atoms with van der Waals surface area (Å²) in [5, 5.41) is 18.8. The van der Waals surface area contributed by atoms with Crippen LogP contribution in [0.1, 0.15) is 11.1 Å². The molecule has 22 heavy (non-hydrogen) atoms. The molecule has 112 valence electrons. The molecule has 2 rings (SSSR count). The van der Waals surface area contributed by atoms with Gasteiger partial charge in [-0.3, -0.25) is 0 Å². The third-order valence-electron chi connectivity index (χ3n) is 2.79. The SMILES string of the molecule is O=C(/C=C/c1ccc(O)cc1)OC(O)C=Cc1ccccc1. The molecular weight excluding hydrogens is 280 g/mol. The van der Waals surface area contributed by atoms with Crippen molar-refractivity contribution in [2.45, 2.75) is 6.29 Å². The highest BCUT2D eigenvalue weighted by Gasteiger charge is 2.04. The summed E-state index contributed by atoms with van der Waals surface area (Å²) in [6.07, 6.45) is 4.50. The third kappa shape index (κ3) is 5.26. The first-order valence-corrected chi connectivity index (χ1v) is 6.72. The highest BCUT2D eigenvalue weighted by Crippen LogP contribution is 2.11. The monoisotopic (exact) mass is 296 g/mol. The van der Waals surface area contributed by atoms with E-state index in [1.807, 2.05) is 30.3 Å². The summed E-state index contributed by atoms with van der Waals surface area (Å²) >= 11 is 0. The highest BCUT2D eigenvalue weighted by atomic mass is 16.6. The van der Waals surface area contributed by atoms with Crippen LogP contribution in [-0.2, 0) is 9.53 Å². The topological polar surface area (TPSA) is 66.8 Å². The van der Waals surface area contributed by atoms with Crippen molar-refractivity contribution in [2.24, 2.45) is 0 Å². The van der Waals surface area contributed by atoms with E-state index in [1.54, 1.807) is 18.2 Å². The Morgan fingerprint density at radius 2 is 1.59 bits per heavy atom. The van der Waals surface area contributed by atoms with Crippen LogP contribution in [0.5, 0.6) is 5.75 Å². The summed E-state index contributed by atoms with van der Waals surface area (Å²) in [5.41, 5.74) is 1.64. The van der Waals surface area contributed by atoms with Crippen molar-refractivity contribution in [1.29, 1.82) is 0 Å². The number of ether oxygens (including phenoxy) is 1. The second kappa shape index (κ2) is 7.81. The van der Waals surface area contributed by atoms with E-state index >= 15 is 0 Å². The average molecular weight is 296 g/mol. The maximum absolute atomic E-state index is 11.6. The first kappa shape index (κ1) is 15.5. The van der Waals surface area contributed by atoms with Gasteiger partial charge < -0.3 is 14.9 Å². The number of rotatable bonds is 5. The zero-order chi connectivity index (χ0) is 15.8. The average Bonchev–Trinajstić information content (AvgIpc) is 2.53. The van der Waals surface area contributed by atoms with E-state index in [2.05, 4.69) is 0 Å². The molecule has 0 fully saturated rings. The molecule has 0 spiro atoms. The number of aromatic hydroxyl groups is 1. The van der Waals surface area contributed by atoms with Crippen LogP contribution in [0.2, 0.25) is 0 Å². The van der Waals surface area contributed by atoms with Crippen molar-refractivity contribution in [2.75, 3.05) is 0 Å². The molecule has 0 amide bonds. The highest BCUT2D eigenvalue weighted by molar-refractivity contribution is 5.87. The molecule has 2 aromatic rings. The lowest BCUT2D eigenvalue weighted by atomic mass is 10.2. The van der Waals surface area contributed by atoms with Crippen molar-refractivity contribution in [1.82, 2.24) is 0 Å². The van der Waals surface area contributed by atoms with Gasteiger partial charge in [-0.15, -0.1) is 0 Å². The maximum atomic E-state index is 11.6. The Morgan fingerprint density at radius 1 is 0.955 bits per heavy atom. The van der Waals surface area contributed by atoms with Gasteiger partial charge >= 0.3 is 5.97 Å². The van der Waals surface area contributed by atoms with Gasteiger partial charge in [0.1, 0.15) is 5.75 Å².